The summed E-state index contributed by atoms with van der Waals surface area (Å²) in [6.45, 7) is 0.193. The first-order valence-corrected chi connectivity index (χ1v) is 12.7. The van der Waals surface area contributed by atoms with E-state index >= 15 is 0 Å². The number of nitrogens with one attached hydrogen (secondary N) is 1. The van der Waals surface area contributed by atoms with Gasteiger partial charge in [-0.2, -0.15) is 0 Å². The van der Waals surface area contributed by atoms with E-state index < -0.39 is 11.9 Å². The van der Waals surface area contributed by atoms with Gasteiger partial charge in [0.1, 0.15) is 5.75 Å². The molecule has 1 saturated carbocycles. The van der Waals surface area contributed by atoms with E-state index in [-0.39, 0.29) is 36.2 Å². The Labute approximate surface area is 209 Å². The molecule has 6 rings (SSSR count). The number of Topliss-reactive ketones (excluding diaryl/α,β-unsaturated/α-hetero) is 1. The van der Waals surface area contributed by atoms with Crippen LogP contribution in [0.5, 0.6) is 17.2 Å². The number of ketones is 1. The molecule has 2 aliphatic carbocycles. The van der Waals surface area contributed by atoms with Crippen LogP contribution < -0.4 is 14.8 Å². The summed E-state index contributed by atoms with van der Waals surface area (Å²) < 4.78 is 11.0. The fourth-order valence-corrected chi connectivity index (χ4v) is 6.31. The van der Waals surface area contributed by atoms with Crippen molar-refractivity contribution in [2.24, 2.45) is 5.92 Å². The van der Waals surface area contributed by atoms with Gasteiger partial charge in [-0.1, -0.05) is 43.9 Å². The third-order valence-corrected chi connectivity index (χ3v) is 7.98. The number of carbonyl (C=O) groups is 2. The number of allylic oxidation sites excluding steroid dienone is 3. The quantitative estimate of drug-likeness (QED) is 0.537. The standard InChI is InChI=1S/C29H29NO6/c31-20-7-3-6-18(11-20)26-27-22(30-21(28(26)29(33)34)10-16-4-1-2-5-16)12-19(13-23(27)32)17-8-9-24-25(14-17)36-15-35-24/h3,6-9,11,14,16,19,26,30-31H,1-2,4-5,10,12-13,15H2,(H,33,34). The van der Waals surface area contributed by atoms with Crippen molar-refractivity contribution in [3.8, 4) is 17.2 Å². The monoisotopic (exact) mass is 487 g/mol. The van der Waals surface area contributed by atoms with Crippen molar-refractivity contribution >= 4 is 11.8 Å². The number of carboxylic acid groups (broad SMARTS) is 1. The number of aliphatic carboxylic acids is 1. The maximum atomic E-state index is 13.7. The van der Waals surface area contributed by atoms with Crippen LogP contribution in [0.1, 0.15) is 67.9 Å². The molecule has 2 aromatic rings. The Balaban J connectivity index is 1.42. The smallest absolute Gasteiger partial charge is 0.334 e. The van der Waals surface area contributed by atoms with Gasteiger partial charge in [-0.15, -0.1) is 0 Å². The summed E-state index contributed by atoms with van der Waals surface area (Å²) in [5, 5.41) is 24.0. The highest BCUT2D eigenvalue weighted by molar-refractivity contribution is 6.04. The molecule has 7 nitrogen and oxygen atoms in total. The second-order valence-corrected chi connectivity index (χ2v) is 10.2. The van der Waals surface area contributed by atoms with Crippen molar-refractivity contribution in [1.82, 2.24) is 5.32 Å². The molecule has 0 aromatic heterocycles. The molecule has 0 bridgehead atoms. The van der Waals surface area contributed by atoms with E-state index in [0.29, 0.717) is 47.1 Å². The summed E-state index contributed by atoms with van der Waals surface area (Å²) in [5.74, 6) is 0.000971. The Bertz CT molecular complexity index is 1300. The van der Waals surface area contributed by atoms with Gasteiger partial charge in [0.15, 0.2) is 17.3 Å². The Hall–Kier alpha value is -3.74. The number of benzene rings is 2. The average Bonchev–Trinajstić information content (AvgIpc) is 3.54. The van der Waals surface area contributed by atoms with Crippen molar-refractivity contribution in [3.05, 3.63) is 76.1 Å². The zero-order valence-corrected chi connectivity index (χ0v) is 20.0. The van der Waals surface area contributed by atoms with E-state index in [9.17, 15) is 19.8 Å². The largest absolute Gasteiger partial charge is 0.508 e. The van der Waals surface area contributed by atoms with Gasteiger partial charge >= 0.3 is 5.97 Å². The molecule has 0 amide bonds. The topological polar surface area (TPSA) is 105 Å². The SMILES string of the molecule is O=C(O)C1=C(CC2CCCC2)NC2=C(C(=O)CC(c3ccc4c(c3)OCO4)C2)C1c1cccc(O)c1. The molecular weight excluding hydrogens is 458 g/mol. The summed E-state index contributed by atoms with van der Waals surface area (Å²) >= 11 is 0. The molecule has 2 aromatic carbocycles. The zero-order valence-electron chi connectivity index (χ0n) is 20.0. The van der Waals surface area contributed by atoms with Crippen LogP contribution in [0.4, 0.5) is 0 Å². The van der Waals surface area contributed by atoms with Gasteiger partial charge in [0.25, 0.3) is 0 Å². The van der Waals surface area contributed by atoms with Crippen molar-refractivity contribution in [1.29, 1.82) is 0 Å². The molecular formula is C29H29NO6. The maximum absolute atomic E-state index is 13.7. The van der Waals surface area contributed by atoms with E-state index in [1.807, 2.05) is 18.2 Å². The number of hydrogen-bond donors (Lipinski definition) is 3. The van der Waals surface area contributed by atoms with Crippen LogP contribution in [-0.2, 0) is 9.59 Å². The third kappa shape index (κ3) is 4.02. The Kier molecular flexibility index (Phi) is 5.70. The number of carboxylic acids is 1. The van der Waals surface area contributed by atoms with Gasteiger partial charge in [0, 0.05) is 29.3 Å². The normalized spacial score (nSPS) is 23.6. The van der Waals surface area contributed by atoms with Crippen molar-refractivity contribution in [2.45, 2.75) is 56.8 Å². The number of dihydropyridines is 1. The lowest BCUT2D eigenvalue weighted by molar-refractivity contribution is -0.133. The minimum absolute atomic E-state index is 0.0526. The van der Waals surface area contributed by atoms with E-state index in [4.69, 9.17) is 9.47 Å². The van der Waals surface area contributed by atoms with Crippen LogP contribution in [0, 0.1) is 5.92 Å². The van der Waals surface area contributed by atoms with Gasteiger partial charge in [-0.05, 0) is 60.1 Å². The van der Waals surface area contributed by atoms with Gasteiger partial charge in [0.05, 0.1) is 5.57 Å². The molecule has 2 unspecified atom stereocenters. The molecule has 3 N–H and O–H groups in total. The average molecular weight is 488 g/mol. The van der Waals surface area contributed by atoms with Gasteiger partial charge in [0.2, 0.25) is 6.79 Å². The highest BCUT2D eigenvalue weighted by Crippen LogP contribution is 2.48. The molecule has 0 radical (unpaired) electrons. The second kappa shape index (κ2) is 9.04. The van der Waals surface area contributed by atoms with E-state index in [1.165, 1.54) is 0 Å². The summed E-state index contributed by atoms with van der Waals surface area (Å²) in [5.41, 5.74) is 3.84. The molecule has 186 valence electrons. The summed E-state index contributed by atoms with van der Waals surface area (Å²) in [4.78, 5) is 26.4. The van der Waals surface area contributed by atoms with Crippen LogP contribution in [0.2, 0.25) is 0 Å². The lowest BCUT2D eigenvalue weighted by Crippen LogP contribution is -2.36. The number of rotatable bonds is 5. The predicted molar refractivity (Wildman–Crippen MR) is 132 cm³/mol. The summed E-state index contributed by atoms with van der Waals surface area (Å²) in [6, 6.07) is 12.4. The minimum Gasteiger partial charge on any atom is -0.508 e. The Morgan fingerprint density at radius 1 is 1.00 bits per heavy atom. The van der Waals surface area contributed by atoms with Gasteiger partial charge in [-0.3, -0.25) is 4.79 Å². The second-order valence-electron chi connectivity index (χ2n) is 10.2. The first kappa shape index (κ1) is 22.7. The maximum Gasteiger partial charge on any atom is 0.334 e. The summed E-state index contributed by atoms with van der Waals surface area (Å²) in [7, 11) is 0. The summed E-state index contributed by atoms with van der Waals surface area (Å²) in [6.07, 6.45) is 6.01. The first-order valence-electron chi connectivity index (χ1n) is 12.7. The number of hydrogen-bond acceptors (Lipinski definition) is 6. The minimum atomic E-state index is -1.03. The highest BCUT2D eigenvalue weighted by atomic mass is 16.7. The van der Waals surface area contributed by atoms with Crippen LogP contribution >= 0.6 is 0 Å². The number of carbonyl (C=O) groups excluding carboxylic acids is 1. The van der Waals surface area contributed by atoms with Crippen molar-refractivity contribution in [3.63, 3.8) is 0 Å². The molecule has 4 aliphatic rings. The number of ether oxygens (including phenoxy) is 2. The molecule has 7 heteroatoms. The van der Waals surface area contributed by atoms with Crippen molar-refractivity contribution in [2.75, 3.05) is 6.79 Å². The van der Waals surface area contributed by atoms with Crippen LogP contribution in [-0.4, -0.2) is 28.8 Å². The number of fused-ring (bicyclic) bond motifs is 1. The molecule has 2 heterocycles. The number of phenols is 1. The Morgan fingerprint density at radius 2 is 1.81 bits per heavy atom. The Morgan fingerprint density at radius 3 is 2.58 bits per heavy atom. The predicted octanol–water partition coefficient (Wildman–Crippen LogP) is 5.13. The number of aromatic hydroxyl groups is 1. The highest BCUT2D eigenvalue weighted by Gasteiger charge is 2.42. The van der Waals surface area contributed by atoms with Crippen LogP contribution in [0.15, 0.2) is 65.0 Å². The molecule has 36 heavy (non-hydrogen) atoms. The molecule has 0 spiro atoms. The number of phenolic OH excluding ortho intramolecular Hbond substituents is 1. The van der Waals surface area contributed by atoms with E-state index in [0.717, 1.165) is 36.9 Å². The van der Waals surface area contributed by atoms with E-state index in [2.05, 4.69) is 5.32 Å². The fourth-order valence-electron chi connectivity index (χ4n) is 6.31. The molecule has 1 fully saturated rings. The zero-order chi connectivity index (χ0) is 24.8. The van der Waals surface area contributed by atoms with Crippen LogP contribution in [0.3, 0.4) is 0 Å². The molecule has 2 atom stereocenters. The van der Waals surface area contributed by atoms with Crippen LogP contribution in [0.25, 0.3) is 0 Å². The van der Waals surface area contributed by atoms with Gasteiger partial charge in [-0.25, -0.2) is 4.79 Å². The first-order chi connectivity index (χ1) is 17.5. The van der Waals surface area contributed by atoms with Gasteiger partial charge < -0.3 is 25.0 Å². The third-order valence-electron chi connectivity index (χ3n) is 7.98. The van der Waals surface area contributed by atoms with E-state index in [1.54, 1.807) is 24.3 Å². The lowest BCUT2D eigenvalue weighted by Gasteiger charge is -2.37. The fraction of sp³-hybridized carbons (Fsp3) is 0.379. The molecule has 2 aliphatic heterocycles. The van der Waals surface area contributed by atoms with Crippen molar-refractivity contribution < 1.29 is 29.3 Å². The molecule has 0 saturated heterocycles. The lowest BCUT2D eigenvalue weighted by atomic mass is 9.71.